The second-order valence-corrected chi connectivity index (χ2v) is 6.76. The van der Waals surface area contributed by atoms with Crippen molar-refractivity contribution < 1.29 is 13.2 Å². The lowest BCUT2D eigenvalue weighted by Crippen LogP contribution is -2.37. The van der Waals surface area contributed by atoms with E-state index in [9.17, 15) is 13.2 Å². The number of hydrogen-bond donors (Lipinski definition) is 2. The summed E-state index contributed by atoms with van der Waals surface area (Å²) >= 11 is 0. The summed E-state index contributed by atoms with van der Waals surface area (Å²) in [6.45, 7) is 2.51. The smallest absolute Gasteiger partial charge is 0.222 e. The van der Waals surface area contributed by atoms with Crippen molar-refractivity contribution in [2.75, 3.05) is 18.8 Å². The topological polar surface area (TPSA) is 89.3 Å². The Bertz CT molecular complexity index is 340. The van der Waals surface area contributed by atoms with Crippen molar-refractivity contribution in [2.45, 2.75) is 31.4 Å². The number of rotatable bonds is 5. The maximum absolute atomic E-state index is 11.5. The summed E-state index contributed by atoms with van der Waals surface area (Å²) in [5.74, 6) is 0.00738. The van der Waals surface area contributed by atoms with Gasteiger partial charge in [-0.1, -0.05) is 6.92 Å². The SMILES string of the molecule is CC(CCN)C(=O)NCC1CCCS1(=O)=O. The summed E-state index contributed by atoms with van der Waals surface area (Å²) in [5.41, 5.74) is 5.35. The number of carbonyl (C=O) groups excluding carboxylic acids is 1. The van der Waals surface area contributed by atoms with Crippen molar-refractivity contribution in [3.05, 3.63) is 0 Å². The molecule has 0 aromatic heterocycles. The first kappa shape index (κ1) is 13.4. The number of nitrogens with one attached hydrogen (secondary N) is 1. The van der Waals surface area contributed by atoms with E-state index in [0.29, 0.717) is 25.8 Å². The van der Waals surface area contributed by atoms with Gasteiger partial charge < -0.3 is 11.1 Å². The lowest BCUT2D eigenvalue weighted by molar-refractivity contribution is -0.124. The van der Waals surface area contributed by atoms with Crippen LogP contribution in [-0.2, 0) is 14.6 Å². The highest BCUT2D eigenvalue weighted by atomic mass is 32.2. The molecule has 0 aliphatic carbocycles. The van der Waals surface area contributed by atoms with Crippen molar-refractivity contribution in [2.24, 2.45) is 11.7 Å². The number of sulfone groups is 1. The van der Waals surface area contributed by atoms with E-state index < -0.39 is 9.84 Å². The van der Waals surface area contributed by atoms with Gasteiger partial charge in [0.2, 0.25) is 5.91 Å². The molecule has 0 radical (unpaired) electrons. The molecule has 0 bridgehead atoms. The number of hydrogen-bond acceptors (Lipinski definition) is 4. The van der Waals surface area contributed by atoms with Crippen molar-refractivity contribution in [3.63, 3.8) is 0 Å². The van der Waals surface area contributed by atoms with E-state index in [0.717, 1.165) is 0 Å². The number of carbonyl (C=O) groups is 1. The van der Waals surface area contributed by atoms with Gasteiger partial charge in [-0.15, -0.1) is 0 Å². The van der Waals surface area contributed by atoms with Crippen molar-refractivity contribution in [3.8, 4) is 0 Å². The molecule has 1 amide bonds. The molecule has 6 heteroatoms. The molecular formula is C10H20N2O3S. The van der Waals surface area contributed by atoms with Gasteiger partial charge >= 0.3 is 0 Å². The maximum Gasteiger partial charge on any atom is 0.222 e. The van der Waals surface area contributed by atoms with Crippen LogP contribution in [0.2, 0.25) is 0 Å². The first-order valence-electron chi connectivity index (χ1n) is 5.66. The van der Waals surface area contributed by atoms with Crippen LogP contribution in [0.25, 0.3) is 0 Å². The number of amides is 1. The zero-order valence-electron chi connectivity index (χ0n) is 9.61. The van der Waals surface area contributed by atoms with Gasteiger partial charge in [-0.3, -0.25) is 4.79 Å². The second kappa shape index (κ2) is 5.63. The minimum atomic E-state index is -2.96. The fourth-order valence-electron chi connectivity index (χ4n) is 1.86. The van der Waals surface area contributed by atoms with Gasteiger partial charge in [0.05, 0.1) is 11.0 Å². The van der Waals surface area contributed by atoms with E-state index in [2.05, 4.69) is 5.32 Å². The van der Waals surface area contributed by atoms with E-state index in [1.807, 2.05) is 0 Å². The van der Waals surface area contributed by atoms with Crippen LogP contribution in [0, 0.1) is 5.92 Å². The standard InChI is InChI=1S/C10H20N2O3S/c1-8(4-5-11)10(13)12-7-9-3-2-6-16(9,14)15/h8-9H,2-7,11H2,1H3,(H,12,13). The summed E-state index contributed by atoms with van der Waals surface area (Å²) in [7, 11) is -2.96. The van der Waals surface area contributed by atoms with Crippen molar-refractivity contribution >= 4 is 15.7 Å². The zero-order chi connectivity index (χ0) is 12.2. The quantitative estimate of drug-likeness (QED) is 0.697. The van der Waals surface area contributed by atoms with Crippen LogP contribution >= 0.6 is 0 Å². The van der Waals surface area contributed by atoms with Crippen LogP contribution < -0.4 is 11.1 Å². The van der Waals surface area contributed by atoms with Crippen LogP contribution in [-0.4, -0.2) is 38.4 Å². The molecular weight excluding hydrogens is 228 g/mol. The Balaban J connectivity index is 2.37. The Morgan fingerprint density at radius 2 is 2.25 bits per heavy atom. The molecule has 5 nitrogen and oxygen atoms in total. The van der Waals surface area contributed by atoms with Gasteiger partial charge in [-0.25, -0.2) is 8.42 Å². The average Bonchev–Trinajstić information content (AvgIpc) is 2.54. The van der Waals surface area contributed by atoms with E-state index >= 15 is 0 Å². The van der Waals surface area contributed by atoms with Crippen LogP contribution in [0.3, 0.4) is 0 Å². The Morgan fingerprint density at radius 3 is 2.75 bits per heavy atom. The van der Waals surface area contributed by atoms with Crippen LogP contribution in [0.15, 0.2) is 0 Å². The zero-order valence-corrected chi connectivity index (χ0v) is 10.4. The molecule has 1 rings (SSSR count). The van der Waals surface area contributed by atoms with Crippen molar-refractivity contribution in [1.29, 1.82) is 0 Å². The molecule has 1 aliphatic rings. The van der Waals surface area contributed by atoms with Crippen LogP contribution in [0.1, 0.15) is 26.2 Å². The molecule has 3 N–H and O–H groups in total. The van der Waals surface area contributed by atoms with Gasteiger partial charge in [-0.05, 0) is 25.8 Å². The second-order valence-electron chi connectivity index (χ2n) is 4.35. The van der Waals surface area contributed by atoms with E-state index in [-0.39, 0.29) is 29.4 Å². The fourth-order valence-corrected chi connectivity index (χ4v) is 3.62. The Morgan fingerprint density at radius 1 is 1.56 bits per heavy atom. The predicted octanol–water partition coefficient (Wildman–Crippen LogP) is -0.335. The first-order valence-corrected chi connectivity index (χ1v) is 7.38. The van der Waals surface area contributed by atoms with Gasteiger partial charge in [0, 0.05) is 12.5 Å². The summed E-state index contributed by atoms with van der Waals surface area (Å²) in [6.07, 6.45) is 2.00. The molecule has 2 unspecified atom stereocenters. The highest BCUT2D eigenvalue weighted by molar-refractivity contribution is 7.92. The molecule has 2 atom stereocenters. The van der Waals surface area contributed by atoms with Crippen LogP contribution in [0.5, 0.6) is 0 Å². The highest BCUT2D eigenvalue weighted by Crippen LogP contribution is 2.19. The van der Waals surface area contributed by atoms with Gasteiger partial charge in [0.25, 0.3) is 0 Å². The molecule has 16 heavy (non-hydrogen) atoms. The number of nitrogens with two attached hydrogens (primary N) is 1. The minimum Gasteiger partial charge on any atom is -0.355 e. The predicted molar refractivity (Wildman–Crippen MR) is 62.7 cm³/mol. The highest BCUT2D eigenvalue weighted by Gasteiger charge is 2.31. The van der Waals surface area contributed by atoms with Gasteiger partial charge in [-0.2, -0.15) is 0 Å². The Hall–Kier alpha value is -0.620. The summed E-state index contributed by atoms with van der Waals surface area (Å²) in [4.78, 5) is 11.5. The molecule has 0 spiro atoms. The monoisotopic (exact) mass is 248 g/mol. The summed E-state index contributed by atoms with van der Waals surface area (Å²) in [5, 5.41) is 2.30. The third kappa shape index (κ3) is 3.45. The van der Waals surface area contributed by atoms with Gasteiger partial charge in [0.1, 0.15) is 0 Å². The summed E-state index contributed by atoms with van der Waals surface area (Å²) in [6, 6.07) is 0. The van der Waals surface area contributed by atoms with E-state index in [4.69, 9.17) is 5.73 Å². The largest absolute Gasteiger partial charge is 0.355 e. The molecule has 0 saturated carbocycles. The van der Waals surface area contributed by atoms with Crippen molar-refractivity contribution in [1.82, 2.24) is 5.32 Å². The molecule has 0 aromatic rings. The fraction of sp³-hybridized carbons (Fsp3) is 0.900. The minimum absolute atomic E-state index is 0.104. The molecule has 1 heterocycles. The van der Waals surface area contributed by atoms with E-state index in [1.165, 1.54) is 0 Å². The molecule has 0 aromatic carbocycles. The summed E-state index contributed by atoms with van der Waals surface area (Å²) < 4.78 is 23.0. The Kier molecular flexibility index (Phi) is 4.73. The normalized spacial score (nSPS) is 25.2. The first-order chi connectivity index (χ1) is 7.47. The van der Waals surface area contributed by atoms with Crippen LogP contribution in [0.4, 0.5) is 0 Å². The third-order valence-corrected chi connectivity index (χ3v) is 5.29. The molecule has 1 aliphatic heterocycles. The molecule has 94 valence electrons. The third-order valence-electron chi connectivity index (χ3n) is 3.01. The maximum atomic E-state index is 11.5. The Labute approximate surface area is 96.7 Å². The van der Waals surface area contributed by atoms with Gasteiger partial charge in [0.15, 0.2) is 9.84 Å². The molecule has 1 saturated heterocycles. The van der Waals surface area contributed by atoms with E-state index in [1.54, 1.807) is 6.92 Å². The lowest BCUT2D eigenvalue weighted by Gasteiger charge is -2.14. The average molecular weight is 248 g/mol. The lowest BCUT2D eigenvalue weighted by atomic mass is 10.1. The molecule has 1 fully saturated rings.